The molecular weight excluding hydrogens is 222 g/mol. The summed E-state index contributed by atoms with van der Waals surface area (Å²) in [6, 6.07) is 4.05. The van der Waals surface area contributed by atoms with Crippen molar-refractivity contribution < 1.29 is 5.11 Å². The van der Waals surface area contributed by atoms with E-state index in [0.717, 1.165) is 25.4 Å². The van der Waals surface area contributed by atoms with Gasteiger partial charge < -0.3 is 10.4 Å². The maximum Gasteiger partial charge on any atom is 0.119 e. The van der Waals surface area contributed by atoms with Gasteiger partial charge in [0, 0.05) is 0 Å². The van der Waals surface area contributed by atoms with Gasteiger partial charge in [0.25, 0.3) is 0 Å². The van der Waals surface area contributed by atoms with Gasteiger partial charge in [-0.25, -0.2) is 0 Å². The summed E-state index contributed by atoms with van der Waals surface area (Å²) in [5, 5.41) is 13.6. The molecular formula is C16H23NO. The van der Waals surface area contributed by atoms with Crippen LogP contribution in [-0.4, -0.2) is 18.2 Å². The number of benzene rings is 1. The van der Waals surface area contributed by atoms with Gasteiger partial charge in [-0.1, -0.05) is 6.07 Å². The molecule has 0 amide bonds. The first-order valence-electron chi connectivity index (χ1n) is 7.38. The van der Waals surface area contributed by atoms with Gasteiger partial charge in [0.2, 0.25) is 0 Å². The summed E-state index contributed by atoms with van der Waals surface area (Å²) in [4.78, 5) is 0. The van der Waals surface area contributed by atoms with Gasteiger partial charge >= 0.3 is 0 Å². The number of aromatic hydroxyl groups is 1. The van der Waals surface area contributed by atoms with Crippen molar-refractivity contribution in [3.8, 4) is 5.75 Å². The fourth-order valence-electron chi connectivity index (χ4n) is 3.49. The predicted molar refractivity (Wildman–Crippen MR) is 74.0 cm³/mol. The number of aryl methyl sites for hydroxylation is 1. The summed E-state index contributed by atoms with van der Waals surface area (Å²) in [5.41, 5.74) is 4.22. The molecule has 0 saturated carbocycles. The summed E-state index contributed by atoms with van der Waals surface area (Å²) in [5.74, 6) is 1.29. The van der Waals surface area contributed by atoms with Gasteiger partial charge in [-0.15, -0.1) is 0 Å². The van der Waals surface area contributed by atoms with Crippen molar-refractivity contribution in [2.75, 3.05) is 13.1 Å². The summed E-state index contributed by atoms with van der Waals surface area (Å²) >= 11 is 0. The fraction of sp³-hybridized carbons (Fsp3) is 0.625. The van der Waals surface area contributed by atoms with Gasteiger partial charge in [0.1, 0.15) is 5.75 Å². The van der Waals surface area contributed by atoms with Gasteiger partial charge in [-0.2, -0.15) is 0 Å². The SMILES string of the molecule is Oc1ccc2c(c1CC1CCNCC1)CCCC2. The average Bonchev–Trinajstić information content (AvgIpc) is 2.43. The number of nitrogens with one attached hydrogen (secondary N) is 1. The Kier molecular flexibility index (Phi) is 3.55. The van der Waals surface area contributed by atoms with Crippen LogP contribution in [0.4, 0.5) is 0 Å². The Hall–Kier alpha value is -1.02. The average molecular weight is 245 g/mol. The number of rotatable bonds is 2. The van der Waals surface area contributed by atoms with Crippen molar-refractivity contribution in [2.45, 2.75) is 44.9 Å². The second kappa shape index (κ2) is 5.31. The Bertz CT molecular complexity index is 421. The highest BCUT2D eigenvalue weighted by molar-refractivity contribution is 5.45. The molecule has 2 heteroatoms. The van der Waals surface area contributed by atoms with Gasteiger partial charge in [-0.3, -0.25) is 0 Å². The van der Waals surface area contributed by atoms with E-state index in [9.17, 15) is 5.11 Å². The Labute approximate surface area is 109 Å². The molecule has 0 bridgehead atoms. The second-order valence-electron chi connectivity index (χ2n) is 5.81. The Morgan fingerprint density at radius 1 is 1.11 bits per heavy atom. The van der Waals surface area contributed by atoms with E-state index >= 15 is 0 Å². The number of phenolic OH excluding ortho intramolecular Hbond substituents is 1. The van der Waals surface area contributed by atoms with Gasteiger partial charge in [-0.05, 0) is 86.7 Å². The molecule has 1 fully saturated rings. The molecule has 1 aliphatic heterocycles. The quantitative estimate of drug-likeness (QED) is 0.839. The highest BCUT2D eigenvalue weighted by Gasteiger charge is 2.20. The van der Waals surface area contributed by atoms with Crippen LogP contribution in [0.5, 0.6) is 5.75 Å². The fourth-order valence-corrected chi connectivity index (χ4v) is 3.49. The molecule has 0 radical (unpaired) electrons. The molecule has 2 N–H and O–H groups in total. The normalized spacial score (nSPS) is 20.7. The number of piperidine rings is 1. The molecule has 0 spiro atoms. The van der Waals surface area contributed by atoms with Crippen LogP contribution >= 0.6 is 0 Å². The van der Waals surface area contributed by atoms with Crippen molar-refractivity contribution in [1.29, 1.82) is 0 Å². The molecule has 3 rings (SSSR count). The third kappa shape index (κ3) is 2.39. The highest BCUT2D eigenvalue weighted by atomic mass is 16.3. The van der Waals surface area contributed by atoms with Crippen LogP contribution in [0, 0.1) is 5.92 Å². The van der Waals surface area contributed by atoms with E-state index < -0.39 is 0 Å². The first-order valence-corrected chi connectivity index (χ1v) is 7.38. The molecule has 1 aromatic rings. The first kappa shape index (κ1) is 12.0. The number of hydrogen-bond acceptors (Lipinski definition) is 2. The lowest BCUT2D eigenvalue weighted by atomic mass is 9.82. The molecule has 1 heterocycles. The molecule has 0 atom stereocenters. The van der Waals surface area contributed by atoms with E-state index in [0.29, 0.717) is 5.75 Å². The first-order chi connectivity index (χ1) is 8.84. The predicted octanol–water partition coefficient (Wildman–Crippen LogP) is 2.81. The zero-order valence-corrected chi connectivity index (χ0v) is 11.0. The maximum atomic E-state index is 10.2. The van der Waals surface area contributed by atoms with Gasteiger partial charge in [0.15, 0.2) is 0 Å². The lowest BCUT2D eigenvalue weighted by Gasteiger charge is -2.26. The molecule has 1 saturated heterocycles. The molecule has 2 nitrogen and oxygen atoms in total. The van der Waals surface area contributed by atoms with Crippen LogP contribution in [0.25, 0.3) is 0 Å². The van der Waals surface area contributed by atoms with E-state index in [-0.39, 0.29) is 0 Å². The monoisotopic (exact) mass is 245 g/mol. The molecule has 0 aromatic heterocycles. The van der Waals surface area contributed by atoms with E-state index in [1.165, 1.54) is 55.2 Å². The van der Waals surface area contributed by atoms with E-state index in [4.69, 9.17) is 0 Å². The van der Waals surface area contributed by atoms with Crippen molar-refractivity contribution in [3.05, 3.63) is 28.8 Å². The molecule has 98 valence electrons. The smallest absolute Gasteiger partial charge is 0.119 e. The molecule has 0 unspecified atom stereocenters. The Morgan fingerprint density at radius 3 is 2.72 bits per heavy atom. The number of hydrogen-bond donors (Lipinski definition) is 2. The summed E-state index contributed by atoms with van der Waals surface area (Å²) in [6.45, 7) is 2.28. The Balaban J connectivity index is 1.85. The van der Waals surface area contributed by atoms with Crippen molar-refractivity contribution in [1.82, 2.24) is 5.32 Å². The van der Waals surface area contributed by atoms with E-state index in [1.54, 1.807) is 0 Å². The number of fused-ring (bicyclic) bond motifs is 1. The minimum Gasteiger partial charge on any atom is -0.508 e. The number of phenols is 1. The minimum atomic E-state index is 0.536. The van der Waals surface area contributed by atoms with E-state index in [1.807, 2.05) is 6.07 Å². The minimum absolute atomic E-state index is 0.536. The van der Waals surface area contributed by atoms with Crippen LogP contribution in [0.2, 0.25) is 0 Å². The zero-order chi connectivity index (χ0) is 12.4. The third-order valence-corrected chi connectivity index (χ3v) is 4.58. The van der Waals surface area contributed by atoms with Crippen molar-refractivity contribution >= 4 is 0 Å². The molecule has 18 heavy (non-hydrogen) atoms. The second-order valence-corrected chi connectivity index (χ2v) is 5.81. The largest absolute Gasteiger partial charge is 0.508 e. The maximum absolute atomic E-state index is 10.2. The molecule has 2 aliphatic rings. The highest BCUT2D eigenvalue weighted by Crippen LogP contribution is 2.33. The van der Waals surface area contributed by atoms with Crippen LogP contribution in [0.1, 0.15) is 42.4 Å². The van der Waals surface area contributed by atoms with Crippen LogP contribution in [-0.2, 0) is 19.3 Å². The van der Waals surface area contributed by atoms with Crippen LogP contribution < -0.4 is 5.32 Å². The van der Waals surface area contributed by atoms with Crippen molar-refractivity contribution in [3.63, 3.8) is 0 Å². The molecule has 1 aliphatic carbocycles. The lowest BCUT2D eigenvalue weighted by Crippen LogP contribution is -2.29. The van der Waals surface area contributed by atoms with Crippen molar-refractivity contribution in [2.24, 2.45) is 5.92 Å². The standard InChI is InChI=1S/C16H23NO/c18-16-6-5-13-3-1-2-4-14(13)15(16)11-12-7-9-17-10-8-12/h5-6,12,17-18H,1-4,7-11H2. The van der Waals surface area contributed by atoms with Crippen LogP contribution in [0.3, 0.4) is 0 Å². The Morgan fingerprint density at radius 2 is 1.89 bits per heavy atom. The third-order valence-electron chi connectivity index (χ3n) is 4.58. The zero-order valence-electron chi connectivity index (χ0n) is 11.0. The summed E-state index contributed by atoms with van der Waals surface area (Å²) < 4.78 is 0. The summed E-state index contributed by atoms with van der Waals surface area (Å²) in [7, 11) is 0. The van der Waals surface area contributed by atoms with E-state index in [2.05, 4.69) is 11.4 Å². The summed E-state index contributed by atoms with van der Waals surface area (Å²) in [6.07, 6.45) is 8.56. The molecule has 1 aromatic carbocycles. The van der Waals surface area contributed by atoms with Crippen LogP contribution in [0.15, 0.2) is 12.1 Å². The topological polar surface area (TPSA) is 32.3 Å². The lowest BCUT2D eigenvalue weighted by molar-refractivity contribution is 0.365. The van der Waals surface area contributed by atoms with Gasteiger partial charge in [0.05, 0.1) is 0 Å².